The lowest BCUT2D eigenvalue weighted by Crippen LogP contribution is -2.30. The summed E-state index contributed by atoms with van der Waals surface area (Å²) in [5.74, 6) is -0.965. The Labute approximate surface area is 313 Å². The van der Waals surface area contributed by atoms with Crippen LogP contribution in [0.3, 0.4) is 0 Å². The molecule has 0 aromatic heterocycles. The maximum absolute atomic E-state index is 12.1. The van der Waals surface area contributed by atoms with Crippen LogP contribution in [0.1, 0.15) is 70.4 Å². The molecule has 17 heteroatoms. The lowest BCUT2D eigenvalue weighted by atomic mass is 9.80. The van der Waals surface area contributed by atoms with Gasteiger partial charge in [0, 0.05) is 45.4 Å². The summed E-state index contributed by atoms with van der Waals surface area (Å²) in [6.45, 7) is 6.21. The first-order valence-electron chi connectivity index (χ1n) is 17.2. The first-order chi connectivity index (χ1) is 24.7. The normalized spacial score (nSPS) is 25.7. The Balaban J connectivity index is 1.28. The van der Waals surface area contributed by atoms with E-state index in [1.165, 1.54) is 12.1 Å². The topological polar surface area (TPSA) is 199 Å². The van der Waals surface area contributed by atoms with E-state index in [4.69, 9.17) is 5.26 Å². The van der Waals surface area contributed by atoms with Crippen LogP contribution in [0, 0.1) is 0 Å². The predicted octanol–water partition coefficient (Wildman–Crippen LogP) is 6.14. The summed E-state index contributed by atoms with van der Waals surface area (Å²) in [7, 11) is -13.0. The van der Waals surface area contributed by atoms with Gasteiger partial charge in [0.15, 0.2) is 12.3 Å². The minimum absolute atomic E-state index is 0.0398. The van der Waals surface area contributed by atoms with Gasteiger partial charge in [-0.2, -0.15) is 34.2 Å². The first kappa shape index (κ1) is 38.2. The van der Waals surface area contributed by atoms with Crippen molar-refractivity contribution in [2.45, 2.75) is 79.9 Å². The van der Waals surface area contributed by atoms with Crippen LogP contribution < -0.4 is 4.90 Å². The fraction of sp³-hybridized carbons (Fsp3) is 0.417. The van der Waals surface area contributed by atoms with E-state index in [2.05, 4.69) is 30.3 Å². The molecule has 0 bridgehead atoms. The van der Waals surface area contributed by atoms with Crippen LogP contribution in [0.25, 0.3) is 0 Å². The molecule has 1 fully saturated rings. The molecule has 2 unspecified atom stereocenters. The summed E-state index contributed by atoms with van der Waals surface area (Å²) in [6, 6.07) is 9.93. The first-order valence-corrected chi connectivity index (χ1v) is 22.6. The molecule has 2 heterocycles. The van der Waals surface area contributed by atoms with E-state index < -0.39 is 52.7 Å². The molecule has 2 atom stereocenters. The SMILES string of the molecule is CC1=C(C=C2CCC3(C)C2=[N+](CCS(=O)(=O)O)c2ccc(SOO)cc23)CCC1=CC1=C2N(CCS(=O)(=O)O)c3ccc(S(=O)(=O)O)cc3C2(C)CC1. The average molecular weight is 806 g/mol. The fourth-order valence-corrected chi connectivity index (χ4v) is 10.8. The van der Waals surface area contributed by atoms with Gasteiger partial charge in [-0.1, -0.05) is 6.08 Å². The minimum atomic E-state index is -4.48. The maximum atomic E-state index is 12.1. The molecule has 0 amide bonds. The molecule has 7 rings (SSSR count). The standard InChI is InChI=1S/C36H40N2O11S4/c1-22-23(18-25-10-12-35(2)29-20-27(50-49-39)6-8-31(29)37(33(25)35)14-16-51(40,41)42)4-5-24(22)19-26-11-13-36(3)30-21-28(53(46,47)48)7-9-32(30)38(34(26)36)15-17-52(43,44)45/h6-9,18-21H,4-5,10-17H2,1-3H3,(H3-,39,40,41,42,43,44,45,46,47,48)/p+1. The molecule has 53 heavy (non-hydrogen) atoms. The highest BCUT2D eigenvalue weighted by Gasteiger charge is 2.54. The van der Waals surface area contributed by atoms with Crippen LogP contribution in [0.15, 0.2) is 91.9 Å². The maximum Gasteiger partial charge on any atom is 0.294 e. The van der Waals surface area contributed by atoms with Crippen LogP contribution >= 0.6 is 12.0 Å². The Bertz CT molecular complexity index is 2450. The van der Waals surface area contributed by atoms with Gasteiger partial charge >= 0.3 is 0 Å². The Morgan fingerprint density at radius 1 is 0.830 bits per heavy atom. The summed E-state index contributed by atoms with van der Waals surface area (Å²) in [4.78, 5) is 2.30. The molecule has 1 saturated carbocycles. The van der Waals surface area contributed by atoms with Crippen LogP contribution in [0.4, 0.5) is 11.4 Å². The number of hydrogen-bond donors (Lipinski definition) is 4. The van der Waals surface area contributed by atoms with Gasteiger partial charge in [-0.05, 0) is 124 Å². The number of benzene rings is 2. The second-order valence-corrected chi connectivity index (χ2v) is 20.1. The molecular formula is C36H41N2O11S4+. The molecule has 4 N–H and O–H groups in total. The molecule has 3 aliphatic carbocycles. The van der Waals surface area contributed by atoms with Crippen LogP contribution in [0.5, 0.6) is 0 Å². The van der Waals surface area contributed by atoms with E-state index in [0.29, 0.717) is 29.0 Å². The van der Waals surface area contributed by atoms with Gasteiger partial charge in [0.05, 0.1) is 28.1 Å². The molecular weight excluding hydrogens is 765 g/mol. The van der Waals surface area contributed by atoms with E-state index >= 15 is 0 Å². The highest BCUT2D eigenvalue weighted by atomic mass is 32.2. The monoisotopic (exact) mass is 805 g/mol. The van der Waals surface area contributed by atoms with E-state index in [1.807, 2.05) is 28.5 Å². The molecule has 2 aromatic carbocycles. The van der Waals surface area contributed by atoms with Crippen molar-refractivity contribution < 1.29 is 53.1 Å². The molecule has 0 saturated heterocycles. The average Bonchev–Trinajstić information content (AvgIpc) is 3.81. The number of allylic oxidation sites excluding steroid dienone is 8. The lowest BCUT2D eigenvalue weighted by Gasteiger charge is -2.26. The second-order valence-electron chi connectivity index (χ2n) is 14.7. The predicted molar refractivity (Wildman–Crippen MR) is 201 cm³/mol. The minimum Gasteiger partial charge on any atom is -0.343 e. The van der Waals surface area contributed by atoms with Crippen molar-refractivity contribution in [3.63, 3.8) is 0 Å². The molecule has 2 aliphatic heterocycles. The molecule has 5 aliphatic rings. The van der Waals surface area contributed by atoms with Gasteiger partial charge in [0.25, 0.3) is 30.4 Å². The quantitative estimate of drug-likeness (QED) is 0.0664. The van der Waals surface area contributed by atoms with Crippen molar-refractivity contribution >= 4 is 59.5 Å². The van der Waals surface area contributed by atoms with Gasteiger partial charge in [0.2, 0.25) is 5.69 Å². The van der Waals surface area contributed by atoms with Crippen LogP contribution in [-0.4, -0.2) is 79.1 Å². The van der Waals surface area contributed by atoms with Crippen molar-refractivity contribution in [3.05, 3.63) is 93.2 Å². The Morgan fingerprint density at radius 2 is 1.53 bits per heavy atom. The summed E-state index contributed by atoms with van der Waals surface area (Å²) < 4.78 is 107. The number of hydrogen-bond acceptors (Lipinski definition) is 10. The number of fused-ring (bicyclic) bond motifs is 6. The zero-order chi connectivity index (χ0) is 38.3. The Morgan fingerprint density at radius 3 is 2.21 bits per heavy atom. The van der Waals surface area contributed by atoms with Crippen LogP contribution in [0.2, 0.25) is 0 Å². The highest BCUT2D eigenvalue weighted by Crippen LogP contribution is 2.57. The van der Waals surface area contributed by atoms with Gasteiger partial charge in [0.1, 0.15) is 5.75 Å². The van der Waals surface area contributed by atoms with Gasteiger partial charge < -0.3 is 4.90 Å². The van der Waals surface area contributed by atoms with Crippen LogP contribution in [-0.2, 0) is 45.5 Å². The van der Waals surface area contributed by atoms with Crippen molar-refractivity contribution in [2.75, 3.05) is 29.5 Å². The molecule has 284 valence electrons. The van der Waals surface area contributed by atoms with Crippen molar-refractivity contribution in [3.8, 4) is 0 Å². The fourth-order valence-electron chi connectivity index (χ4n) is 9.09. The summed E-state index contributed by atoms with van der Waals surface area (Å²) in [5.41, 5.74) is 9.29. The lowest BCUT2D eigenvalue weighted by molar-refractivity contribution is -0.432. The van der Waals surface area contributed by atoms with Gasteiger partial charge in [-0.3, -0.25) is 13.7 Å². The molecule has 13 nitrogen and oxygen atoms in total. The third-order valence-electron chi connectivity index (χ3n) is 11.6. The zero-order valence-electron chi connectivity index (χ0n) is 29.4. The molecule has 2 aromatic rings. The van der Waals surface area contributed by atoms with Gasteiger partial charge in [-0.25, -0.2) is 5.26 Å². The van der Waals surface area contributed by atoms with E-state index in [1.54, 1.807) is 12.1 Å². The number of rotatable bonds is 11. The number of anilines is 1. The zero-order valence-corrected chi connectivity index (χ0v) is 32.6. The third kappa shape index (κ3) is 6.89. The summed E-state index contributed by atoms with van der Waals surface area (Å²) >= 11 is 0.825. The largest absolute Gasteiger partial charge is 0.343 e. The van der Waals surface area contributed by atoms with Crippen molar-refractivity contribution in [2.24, 2.45) is 0 Å². The van der Waals surface area contributed by atoms with E-state index in [-0.39, 0.29) is 18.0 Å². The second kappa shape index (κ2) is 13.3. The Kier molecular flexibility index (Phi) is 9.55. The van der Waals surface area contributed by atoms with E-state index in [0.717, 1.165) is 88.3 Å². The molecule has 0 spiro atoms. The summed E-state index contributed by atoms with van der Waals surface area (Å²) in [5, 5.41) is 9.05. The van der Waals surface area contributed by atoms with E-state index in [9.17, 15) is 38.9 Å². The molecule has 0 radical (unpaired) electrons. The third-order valence-corrected chi connectivity index (χ3v) is 14.4. The highest BCUT2D eigenvalue weighted by molar-refractivity contribution is 7.94. The smallest absolute Gasteiger partial charge is 0.294 e. The van der Waals surface area contributed by atoms with Crippen molar-refractivity contribution in [1.29, 1.82) is 0 Å². The number of nitrogens with zero attached hydrogens (tertiary/aromatic N) is 2. The summed E-state index contributed by atoms with van der Waals surface area (Å²) in [6.07, 6.45) is 8.68. The Hall–Kier alpha value is -3.13. The van der Waals surface area contributed by atoms with Crippen molar-refractivity contribution in [1.82, 2.24) is 0 Å². The van der Waals surface area contributed by atoms with Gasteiger partial charge in [-0.15, -0.1) is 0 Å².